The Balaban J connectivity index is 1.51. The molecule has 0 radical (unpaired) electrons. The first-order valence-electron chi connectivity index (χ1n) is 8.14. The van der Waals surface area contributed by atoms with Gasteiger partial charge in [0.1, 0.15) is 6.61 Å². The van der Waals surface area contributed by atoms with Crippen molar-refractivity contribution < 1.29 is 19.0 Å². The van der Waals surface area contributed by atoms with Crippen LogP contribution >= 0.6 is 11.6 Å². The Hall–Kier alpha value is -3.07. The molecule has 0 saturated carbocycles. The second kappa shape index (κ2) is 8.54. The molecule has 0 spiro atoms. The highest BCUT2D eigenvalue weighted by Crippen LogP contribution is 2.19. The molecule has 0 unspecified atom stereocenters. The Kier molecular flexibility index (Phi) is 5.92. The Morgan fingerprint density at radius 1 is 1.33 bits per heavy atom. The third-order valence-corrected chi connectivity index (χ3v) is 3.93. The minimum absolute atomic E-state index is 0.0143. The van der Waals surface area contributed by atoms with Crippen molar-refractivity contribution in [1.82, 2.24) is 9.97 Å². The molecule has 142 valence electrons. The van der Waals surface area contributed by atoms with E-state index < -0.39 is 6.09 Å². The quantitative estimate of drug-likeness (QED) is 0.725. The number of nitrogens with one attached hydrogen (secondary N) is 1. The molecule has 0 fully saturated rings. The molecular weight excluding hydrogens is 374 g/mol. The second-order valence-corrected chi connectivity index (χ2v) is 6.04. The maximum absolute atomic E-state index is 12.0. The van der Waals surface area contributed by atoms with Gasteiger partial charge in [0.2, 0.25) is 17.0 Å². The van der Waals surface area contributed by atoms with Crippen molar-refractivity contribution >= 4 is 29.4 Å². The fourth-order valence-electron chi connectivity index (χ4n) is 2.44. The zero-order valence-corrected chi connectivity index (χ0v) is 15.3. The summed E-state index contributed by atoms with van der Waals surface area (Å²) >= 11 is 5.74. The van der Waals surface area contributed by atoms with Crippen LogP contribution in [0.25, 0.3) is 0 Å². The van der Waals surface area contributed by atoms with E-state index in [1.54, 1.807) is 12.1 Å². The van der Waals surface area contributed by atoms with E-state index in [2.05, 4.69) is 20.3 Å². The Labute approximate surface area is 160 Å². The lowest BCUT2D eigenvalue weighted by Gasteiger charge is -2.08. The van der Waals surface area contributed by atoms with Crippen LogP contribution in [-0.4, -0.2) is 41.8 Å². The summed E-state index contributed by atoms with van der Waals surface area (Å²) in [5.74, 6) is 0.181. The van der Waals surface area contributed by atoms with Crippen molar-refractivity contribution in [2.45, 2.75) is 18.9 Å². The SMILES string of the molecule is COc1cc(OC(=O)Nc2ccc(CC[C@H]3COC(N)=N3)cc2)nc(Cl)n1. The number of aromatic nitrogens is 2. The van der Waals surface area contributed by atoms with Gasteiger partial charge in [-0.3, -0.25) is 5.32 Å². The molecule has 0 aliphatic carbocycles. The van der Waals surface area contributed by atoms with E-state index in [0.717, 1.165) is 18.4 Å². The van der Waals surface area contributed by atoms with Crippen molar-refractivity contribution in [3.63, 3.8) is 0 Å². The first-order valence-corrected chi connectivity index (χ1v) is 8.52. The number of amides is 1. The number of hydrogen-bond acceptors (Lipinski definition) is 8. The van der Waals surface area contributed by atoms with Crippen LogP contribution in [-0.2, 0) is 11.2 Å². The first-order chi connectivity index (χ1) is 13.0. The Morgan fingerprint density at radius 3 is 2.74 bits per heavy atom. The molecule has 3 rings (SSSR count). The van der Waals surface area contributed by atoms with E-state index in [4.69, 9.17) is 31.5 Å². The van der Waals surface area contributed by atoms with Crippen LogP contribution < -0.4 is 20.5 Å². The smallest absolute Gasteiger partial charge is 0.418 e. The molecule has 0 bridgehead atoms. The average molecular weight is 392 g/mol. The Bertz CT molecular complexity index is 844. The Morgan fingerprint density at radius 2 is 2.07 bits per heavy atom. The lowest BCUT2D eigenvalue weighted by atomic mass is 10.1. The number of hydrogen-bond donors (Lipinski definition) is 2. The number of anilines is 1. The number of aliphatic imine (C=N–C) groups is 1. The molecule has 1 aliphatic rings. The number of nitrogens with zero attached hydrogens (tertiary/aromatic N) is 3. The normalized spacial score (nSPS) is 15.6. The number of carbonyl (C=O) groups is 1. The minimum Gasteiger partial charge on any atom is -0.481 e. The summed E-state index contributed by atoms with van der Waals surface area (Å²) in [5, 5.41) is 2.53. The summed E-state index contributed by atoms with van der Waals surface area (Å²) < 4.78 is 15.2. The summed E-state index contributed by atoms with van der Waals surface area (Å²) in [4.78, 5) is 23.8. The number of amidine groups is 1. The van der Waals surface area contributed by atoms with Gasteiger partial charge in [-0.2, -0.15) is 9.97 Å². The van der Waals surface area contributed by atoms with Gasteiger partial charge in [0.25, 0.3) is 6.02 Å². The highest BCUT2D eigenvalue weighted by molar-refractivity contribution is 6.28. The number of ether oxygens (including phenoxy) is 3. The van der Waals surface area contributed by atoms with Gasteiger partial charge >= 0.3 is 6.09 Å². The van der Waals surface area contributed by atoms with E-state index in [-0.39, 0.29) is 29.1 Å². The number of benzene rings is 1. The number of halogens is 1. The van der Waals surface area contributed by atoms with Gasteiger partial charge in [-0.1, -0.05) is 12.1 Å². The van der Waals surface area contributed by atoms with Gasteiger partial charge in [-0.15, -0.1) is 0 Å². The van der Waals surface area contributed by atoms with E-state index in [0.29, 0.717) is 12.3 Å². The van der Waals surface area contributed by atoms with Crippen LogP contribution in [0.5, 0.6) is 11.8 Å². The predicted octanol–water partition coefficient (Wildman–Crippen LogP) is 2.40. The highest BCUT2D eigenvalue weighted by Gasteiger charge is 2.16. The van der Waals surface area contributed by atoms with E-state index in [1.807, 2.05) is 12.1 Å². The molecule has 1 atom stereocenters. The van der Waals surface area contributed by atoms with Crippen molar-refractivity contribution in [1.29, 1.82) is 0 Å². The molecule has 1 amide bonds. The molecule has 2 heterocycles. The number of aryl methyl sites for hydroxylation is 1. The predicted molar refractivity (Wildman–Crippen MR) is 99.4 cm³/mol. The van der Waals surface area contributed by atoms with Gasteiger partial charge in [-0.05, 0) is 42.1 Å². The lowest BCUT2D eigenvalue weighted by molar-refractivity contribution is 0.213. The molecule has 1 aromatic heterocycles. The standard InChI is InChI=1S/C17H18ClN5O4/c1-25-13-8-14(23-15(18)22-13)27-17(24)21-11-5-2-10(3-6-11)4-7-12-9-26-16(19)20-12/h2-3,5-6,8,12H,4,7,9H2,1H3,(H2,19,20)(H,21,24)/t12-/m0/s1. The fraction of sp³-hybridized carbons (Fsp3) is 0.294. The molecular formula is C17H18ClN5O4. The molecule has 3 N–H and O–H groups in total. The number of carbonyl (C=O) groups excluding carboxylic acids is 1. The number of methoxy groups -OCH3 is 1. The van der Waals surface area contributed by atoms with Gasteiger partial charge in [0, 0.05) is 5.69 Å². The molecule has 2 aromatic rings. The van der Waals surface area contributed by atoms with E-state index in [9.17, 15) is 4.79 Å². The van der Waals surface area contributed by atoms with E-state index in [1.165, 1.54) is 13.2 Å². The van der Waals surface area contributed by atoms with Crippen molar-refractivity contribution in [3.05, 3.63) is 41.2 Å². The summed E-state index contributed by atoms with van der Waals surface area (Å²) in [6, 6.07) is 9.11. The zero-order valence-electron chi connectivity index (χ0n) is 14.5. The minimum atomic E-state index is -0.701. The summed E-state index contributed by atoms with van der Waals surface area (Å²) in [5.41, 5.74) is 7.19. The lowest BCUT2D eigenvalue weighted by Crippen LogP contribution is -2.17. The molecule has 0 saturated heterocycles. The van der Waals surface area contributed by atoms with Crippen LogP contribution in [0.4, 0.5) is 10.5 Å². The maximum atomic E-state index is 12.0. The van der Waals surface area contributed by atoms with Gasteiger partial charge < -0.3 is 19.9 Å². The van der Waals surface area contributed by atoms with Gasteiger partial charge in [0.15, 0.2) is 0 Å². The summed E-state index contributed by atoms with van der Waals surface area (Å²) in [6.07, 6.45) is 0.966. The van der Waals surface area contributed by atoms with Crippen molar-refractivity contribution in [2.24, 2.45) is 10.7 Å². The second-order valence-electron chi connectivity index (χ2n) is 5.70. The van der Waals surface area contributed by atoms with Gasteiger partial charge in [-0.25, -0.2) is 9.79 Å². The number of rotatable bonds is 6. The van der Waals surface area contributed by atoms with Crippen LogP contribution in [0.2, 0.25) is 5.28 Å². The molecule has 1 aromatic carbocycles. The summed E-state index contributed by atoms with van der Waals surface area (Å²) in [6.45, 7) is 0.523. The van der Waals surface area contributed by atoms with Crippen LogP contribution in [0.3, 0.4) is 0 Å². The largest absolute Gasteiger partial charge is 0.481 e. The molecule has 1 aliphatic heterocycles. The monoisotopic (exact) mass is 391 g/mol. The average Bonchev–Trinajstić information content (AvgIpc) is 3.06. The molecule has 27 heavy (non-hydrogen) atoms. The third kappa shape index (κ3) is 5.45. The first kappa shape index (κ1) is 18.7. The number of nitrogens with two attached hydrogens (primary N) is 1. The van der Waals surface area contributed by atoms with Crippen molar-refractivity contribution in [2.75, 3.05) is 19.0 Å². The topological polar surface area (TPSA) is 121 Å². The van der Waals surface area contributed by atoms with Crippen LogP contribution in [0.15, 0.2) is 35.3 Å². The third-order valence-electron chi connectivity index (χ3n) is 3.76. The molecule has 10 heteroatoms. The maximum Gasteiger partial charge on any atom is 0.418 e. The zero-order chi connectivity index (χ0) is 19.2. The van der Waals surface area contributed by atoms with E-state index >= 15 is 0 Å². The molecule has 9 nitrogen and oxygen atoms in total. The van der Waals surface area contributed by atoms with Crippen molar-refractivity contribution in [3.8, 4) is 11.8 Å². The van der Waals surface area contributed by atoms with Crippen LogP contribution in [0, 0.1) is 0 Å². The van der Waals surface area contributed by atoms with Gasteiger partial charge in [0.05, 0.1) is 19.2 Å². The fourth-order valence-corrected chi connectivity index (χ4v) is 2.61. The highest BCUT2D eigenvalue weighted by atomic mass is 35.5. The summed E-state index contributed by atoms with van der Waals surface area (Å²) in [7, 11) is 1.42. The van der Waals surface area contributed by atoms with Crippen LogP contribution in [0.1, 0.15) is 12.0 Å².